The minimum Gasteiger partial charge on any atom is -0.462 e. The SMILES string of the molecule is CCC/C=C/COC(C)=O.CCCC=CCOC(=O)CC(C)C. The van der Waals surface area contributed by atoms with Gasteiger partial charge in [0.1, 0.15) is 13.2 Å². The number of carbonyl (C=O) groups is 2. The van der Waals surface area contributed by atoms with Gasteiger partial charge in [0.2, 0.25) is 0 Å². The summed E-state index contributed by atoms with van der Waals surface area (Å²) in [4.78, 5) is 21.3. The first-order valence-corrected chi connectivity index (χ1v) is 8.52. The molecule has 0 unspecified atom stereocenters. The third-order valence-electron chi connectivity index (χ3n) is 2.54. The molecule has 0 aliphatic rings. The van der Waals surface area contributed by atoms with Crippen molar-refractivity contribution >= 4 is 11.9 Å². The normalized spacial score (nSPS) is 10.7. The van der Waals surface area contributed by atoms with Gasteiger partial charge in [0.05, 0.1) is 0 Å². The maximum absolute atomic E-state index is 11.0. The highest BCUT2D eigenvalue weighted by Gasteiger charge is 2.03. The third-order valence-corrected chi connectivity index (χ3v) is 2.54. The smallest absolute Gasteiger partial charge is 0.306 e. The number of carbonyl (C=O) groups excluding carboxylic acids is 2. The summed E-state index contributed by atoms with van der Waals surface area (Å²) in [5.74, 6) is 0.0596. The molecule has 0 saturated carbocycles. The Hall–Kier alpha value is -1.58. The van der Waals surface area contributed by atoms with Crippen molar-refractivity contribution in [2.45, 2.75) is 66.7 Å². The summed E-state index contributed by atoms with van der Waals surface area (Å²) in [6, 6.07) is 0. The molecule has 134 valence electrons. The Morgan fingerprint density at radius 1 is 0.870 bits per heavy atom. The van der Waals surface area contributed by atoms with Crippen LogP contribution in [0.2, 0.25) is 0 Å². The van der Waals surface area contributed by atoms with Crippen LogP contribution in [0.25, 0.3) is 0 Å². The zero-order valence-corrected chi connectivity index (χ0v) is 15.5. The molecular formula is C19H34O4. The molecule has 0 spiro atoms. The standard InChI is InChI=1S/C11H20O2.C8H14O2/c1-4-5-6-7-8-13-11(12)9-10(2)3;1-3-4-5-6-7-10-8(2)9/h6-7,10H,4-5,8-9H2,1-3H3;5-6H,3-4,7H2,1-2H3/b;6-5+. The summed E-state index contributed by atoms with van der Waals surface area (Å²) in [6.07, 6.45) is 12.7. The van der Waals surface area contributed by atoms with E-state index in [1.54, 1.807) is 0 Å². The van der Waals surface area contributed by atoms with Crippen LogP contribution < -0.4 is 0 Å². The van der Waals surface area contributed by atoms with Crippen LogP contribution in [0.5, 0.6) is 0 Å². The van der Waals surface area contributed by atoms with E-state index in [0.717, 1.165) is 25.7 Å². The predicted molar refractivity (Wildman–Crippen MR) is 95.1 cm³/mol. The molecule has 0 aromatic carbocycles. The van der Waals surface area contributed by atoms with Gasteiger partial charge in [-0.2, -0.15) is 0 Å². The Kier molecular flexibility index (Phi) is 19.0. The van der Waals surface area contributed by atoms with E-state index in [2.05, 4.69) is 18.6 Å². The highest BCUT2D eigenvalue weighted by molar-refractivity contribution is 5.69. The molecule has 0 atom stereocenters. The fraction of sp³-hybridized carbons (Fsp3) is 0.684. The summed E-state index contributed by atoms with van der Waals surface area (Å²) in [5, 5.41) is 0. The second kappa shape index (κ2) is 18.5. The van der Waals surface area contributed by atoms with Gasteiger partial charge in [-0.15, -0.1) is 0 Å². The number of hydrogen-bond acceptors (Lipinski definition) is 4. The summed E-state index contributed by atoms with van der Waals surface area (Å²) in [5.41, 5.74) is 0. The Labute approximate surface area is 141 Å². The number of allylic oxidation sites excluding steroid dienone is 2. The molecule has 0 N–H and O–H groups in total. The van der Waals surface area contributed by atoms with E-state index in [4.69, 9.17) is 4.74 Å². The van der Waals surface area contributed by atoms with Gasteiger partial charge in [-0.25, -0.2) is 0 Å². The fourth-order valence-corrected chi connectivity index (χ4v) is 1.40. The van der Waals surface area contributed by atoms with Gasteiger partial charge in [-0.05, 0) is 18.8 Å². The highest BCUT2D eigenvalue weighted by atomic mass is 16.5. The van der Waals surface area contributed by atoms with Crippen molar-refractivity contribution in [2.75, 3.05) is 13.2 Å². The number of hydrogen-bond donors (Lipinski definition) is 0. The van der Waals surface area contributed by atoms with Crippen LogP contribution >= 0.6 is 0 Å². The molecule has 0 bridgehead atoms. The summed E-state index contributed by atoms with van der Waals surface area (Å²) in [6.45, 7) is 10.5. The molecule has 4 nitrogen and oxygen atoms in total. The number of ether oxygens (including phenoxy) is 2. The van der Waals surface area contributed by atoms with Crippen LogP contribution in [0.3, 0.4) is 0 Å². The topological polar surface area (TPSA) is 52.6 Å². The van der Waals surface area contributed by atoms with Crippen molar-refractivity contribution in [3.8, 4) is 0 Å². The molecule has 0 aromatic heterocycles. The van der Waals surface area contributed by atoms with Crippen LogP contribution in [0, 0.1) is 5.92 Å². The summed E-state index contributed by atoms with van der Waals surface area (Å²) in [7, 11) is 0. The summed E-state index contributed by atoms with van der Waals surface area (Å²) >= 11 is 0. The van der Waals surface area contributed by atoms with Gasteiger partial charge in [-0.3, -0.25) is 9.59 Å². The number of esters is 2. The fourth-order valence-electron chi connectivity index (χ4n) is 1.40. The van der Waals surface area contributed by atoms with Crippen molar-refractivity contribution in [2.24, 2.45) is 5.92 Å². The lowest BCUT2D eigenvalue weighted by molar-refractivity contribution is -0.143. The van der Waals surface area contributed by atoms with E-state index >= 15 is 0 Å². The van der Waals surface area contributed by atoms with E-state index in [-0.39, 0.29) is 11.9 Å². The van der Waals surface area contributed by atoms with Gasteiger partial charge in [0.15, 0.2) is 0 Å². The quantitative estimate of drug-likeness (QED) is 0.426. The van der Waals surface area contributed by atoms with E-state index in [0.29, 0.717) is 25.6 Å². The van der Waals surface area contributed by atoms with Crippen molar-refractivity contribution < 1.29 is 19.1 Å². The van der Waals surface area contributed by atoms with Crippen molar-refractivity contribution in [3.05, 3.63) is 24.3 Å². The Morgan fingerprint density at radius 2 is 1.35 bits per heavy atom. The molecule has 0 radical (unpaired) electrons. The van der Waals surface area contributed by atoms with Gasteiger partial charge in [-0.1, -0.05) is 64.8 Å². The first kappa shape index (κ1) is 23.7. The maximum Gasteiger partial charge on any atom is 0.306 e. The first-order chi connectivity index (χ1) is 10.9. The molecule has 0 aliphatic heterocycles. The van der Waals surface area contributed by atoms with E-state index in [1.807, 2.05) is 38.2 Å². The average Bonchev–Trinajstić information content (AvgIpc) is 2.46. The van der Waals surface area contributed by atoms with Crippen LogP contribution in [-0.4, -0.2) is 25.2 Å². The minimum absolute atomic E-state index is 0.101. The van der Waals surface area contributed by atoms with Crippen molar-refractivity contribution in [1.29, 1.82) is 0 Å². The van der Waals surface area contributed by atoms with Crippen molar-refractivity contribution in [1.82, 2.24) is 0 Å². The van der Waals surface area contributed by atoms with Gasteiger partial charge in [0, 0.05) is 13.3 Å². The molecule has 0 aliphatic carbocycles. The maximum atomic E-state index is 11.0. The van der Waals surface area contributed by atoms with Gasteiger partial charge in [0.25, 0.3) is 0 Å². The first-order valence-electron chi connectivity index (χ1n) is 8.52. The van der Waals surface area contributed by atoms with Gasteiger partial charge < -0.3 is 9.47 Å². The summed E-state index contributed by atoms with van der Waals surface area (Å²) < 4.78 is 9.64. The lowest BCUT2D eigenvalue weighted by Crippen LogP contribution is -2.07. The second-order valence-corrected chi connectivity index (χ2v) is 5.60. The average molecular weight is 326 g/mol. The Morgan fingerprint density at radius 3 is 1.74 bits per heavy atom. The Balaban J connectivity index is 0. The minimum atomic E-state index is -0.221. The zero-order valence-electron chi connectivity index (χ0n) is 15.5. The zero-order chi connectivity index (χ0) is 17.9. The molecular weight excluding hydrogens is 292 g/mol. The molecule has 23 heavy (non-hydrogen) atoms. The molecule has 0 heterocycles. The van der Waals surface area contributed by atoms with E-state index < -0.39 is 0 Å². The lowest BCUT2D eigenvalue weighted by Gasteiger charge is -2.03. The lowest BCUT2D eigenvalue weighted by atomic mass is 10.1. The molecule has 0 saturated heterocycles. The van der Waals surface area contributed by atoms with Crippen LogP contribution in [0.4, 0.5) is 0 Å². The largest absolute Gasteiger partial charge is 0.462 e. The molecule has 4 heteroatoms. The van der Waals surface area contributed by atoms with Crippen LogP contribution in [0.15, 0.2) is 24.3 Å². The molecule has 0 rings (SSSR count). The molecule has 0 aromatic rings. The second-order valence-electron chi connectivity index (χ2n) is 5.60. The number of unbranched alkanes of at least 4 members (excludes halogenated alkanes) is 2. The number of rotatable bonds is 10. The van der Waals surface area contributed by atoms with Crippen molar-refractivity contribution in [3.63, 3.8) is 0 Å². The third kappa shape index (κ3) is 25.7. The molecule has 0 amide bonds. The molecule has 0 fully saturated rings. The van der Waals surface area contributed by atoms with Crippen LogP contribution in [0.1, 0.15) is 66.7 Å². The monoisotopic (exact) mass is 326 g/mol. The van der Waals surface area contributed by atoms with Crippen LogP contribution in [-0.2, 0) is 19.1 Å². The Bertz CT molecular complexity index is 343. The van der Waals surface area contributed by atoms with E-state index in [9.17, 15) is 9.59 Å². The highest BCUT2D eigenvalue weighted by Crippen LogP contribution is 2.00. The van der Waals surface area contributed by atoms with Gasteiger partial charge >= 0.3 is 11.9 Å². The van der Waals surface area contributed by atoms with E-state index in [1.165, 1.54) is 6.92 Å². The predicted octanol–water partition coefficient (Wildman–Crippen LogP) is 4.84.